The summed E-state index contributed by atoms with van der Waals surface area (Å²) in [6.07, 6.45) is 1.63. The lowest BCUT2D eigenvalue weighted by Crippen LogP contribution is -2.12. The zero-order valence-electron chi connectivity index (χ0n) is 11.1. The van der Waals surface area contributed by atoms with Crippen molar-refractivity contribution >= 4 is 45.5 Å². The molecule has 0 aliphatic heterocycles. The smallest absolute Gasteiger partial charge is 0.256 e. The molecule has 0 aliphatic carbocycles. The lowest BCUT2D eigenvalue weighted by Gasteiger charge is -2.09. The quantitative estimate of drug-likeness (QED) is 0.674. The van der Waals surface area contributed by atoms with Crippen LogP contribution in [0.15, 0.2) is 42.0 Å². The van der Waals surface area contributed by atoms with E-state index in [2.05, 4.69) is 38.1 Å². The van der Waals surface area contributed by atoms with Crippen LogP contribution in [-0.4, -0.2) is 20.7 Å². The fourth-order valence-electron chi connectivity index (χ4n) is 1.94. The number of hydrogen-bond acceptors (Lipinski definition) is 4. The Morgan fingerprint density at radius 2 is 2.19 bits per heavy atom. The molecule has 21 heavy (non-hydrogen) atoms. The van der Waals surface area contributed by atoms with Gasteiger partial charge in [-0.25, -0.2) is 0 Å². The summed E-state index contributed by atoms with van der Waals surface area (Å²) in [7, 11) is 1.87. The number of hydrogen-bond donors (Lipinski definition) is 1. The minimum absolute atomic E-state index is 0.121. The number of rotatable bonds is 3. The Morgan fingerprint density at radius 3 is 2.86 bits per heavy atom. The van der Waals surface area contributed by atoms with Gasteiger partial charge in [-0.05, 0) is 40.8 Å². The molecule has 0 bridgehead atoms. The molecule has 7 heteroatoms. The van der Waals surface area contributed by atoms with Crippen LogP contribution >= 0.6 is 33.9 Å². The number of aromatic nitrogens is 3. The highest BCUT2D eigenvalue weighted by atomic mass is 127. The van der Waals surface area contributed by atoms with Gasteiger partial charge in [-0.1, -0.05) is 12.1 Å². The van der Waals surface area contributed by atoms with E-state index in [1.165, 1.54) is 0 Å². The number of thiophene rings is 1. The summed E-state index contributed by atoms with van der Waals surface area (Å²) < 4.78 is 2.90. The molecule has 3 aromatic rings. The largest absolute Gasteiger partial charge is 0.321 e. The molecule has 0 unspecified atom stereocenters. The van der Waals surface area contributed by atoms with Gasteiger partial charge in [-0.3, -0.25) is 4.79 Å². The van der Waals surface area contributed by atoms with Gasteiger partial charge in [-0.15, -0.1) is 21.5 Å². The second-order valence-electron chi connectivity index (χ2n) is 4.40. The molecule has 3 rings (SSSR count). The molecule has 0 spiro atoms. The van der Waals surface area contributed by atoms with Gasteiger partial charge in [0.1, 0.15) is 6.33 Å². The molecule has 5 nitrogen and oxygen atoms in total. The normalized spacial score (nSPS) is 10.6. The summed E-state index contributed by atoms with van der Waals surface area (Å²) >= 11 is 3.75. The second-order valence-corrected chi connectivity index (χ2v) is 7.21. The molecular formula is C14H11IN4OS. The Hall–Kier alpha value is -1.74. The Labute approximate surface area is 139 Å². The number of nitrogens with one attached hydrogen (secondary N) is 1. The average molecular weight is 410 g/mol. The van der Waals surface area contributed by atoms with E-state index in [1.807, 2.05) is 47.3 Å². The number of halogens is 1. The predicted octanol–water partition coefficient (Wildman–Crippen LogP) is 3.40. The first-order chi connectivity index (χ1) is 10.1. The van der Waals surface area contributed by atoms with Crippen LogP contribution in [0.1, 0.15) is 10.4 Å². The molecule has 0 atom stereocenters. The fourth-order valence-corrected chi connectivity index (χ4v) is 3.26. The van der Waals surface area contributed by atoms with Crippen LogP contribution in [0.3, 0.4) is 0 Å². The van der Waals surface area contributed by atoms with Gasteiger partial charge in [0.25, 0.3) is 5.91 Å². The molecule has 0 aliphatic rings. The van der Waals surface area contributed by atoms with Crippen LogP contribution in [0.2, 0.25) is 0 Å². The van der Waals surface area contributed by atoms with Crippen molar-refractivity contribution in [2.45, 2.75) is 0 Å². The predicted molar refractivity (Wildman–Crippen MR) is 91.4 cm³/mol. The van der Waals surface area contributed by atoms with E-state index in [0.29, 0.717) is 11.4 Å². The van der Waals surface area contributed by atoms with E-state index in [-0.39, 0.29) is 5.91 Å². The minimum Gasteiger partial charge on any atom is -0.321 e. The first-order valence-corrected chi connectivity index (χ1v) is 8.10. The first-order valence-electron chi connectivity index (χ1n) is 6.14. The van der Waals surface area contributed by atoms with Crippen LogP contribution in [0.5, 0.6) is 0 Å². The average Bonchev–Trinajstić information content (AvgIpc) is 3.08. The zero-order chi connectivity index (χ0) is 14.8. The van der Waals surface area contributed by atoms with Gasteiger partial charge >= 0.3 is 0 Å². The Balaban J connectivity index is 1.93. The lowest BCUT2D eigenvalue weighted by molar-refractivity contribution is 0.102. The molecule has 2 heterocycles. The van der Waals surface area contributed by atoms with Gasteiger partial charge in [0, 0.05) is 18.0 Å². The van der Waals surface area contributed by atoms with Crippen LogP contribution in [0.25, 0.3) is 11.4 Å². The number of nitrogens with zero attached hydrogens (tertiary/aromatic N) is 3. The third kappa shape index (κ3) is 2.98. The molecule has 2 aromatic heterocycles. The number of carbonyl (C=O) groups excluding carboxylic acids is 1. The molecule has 0 saturated heterocycles. The summed E-state index contributed by atoms with van der Waals surface area (Å²) in [5.41, 5.74) is 2.23. The summed E-state index contributed by atoms with van der Waals surface area (Å²) in [5.74, 6) is 0.592. The van der Waals surface area contributed by atoms with Crippen molar-refractivity contribution in [1.82, 2.24) is 14.8 Å². The van der Waals surface area contributed by atoms with Crippen LogP contribution in [0, 0.1) is 2.88 Å². The van der Waals surface area contributed by atoms with Gasteiger partial charge in [0.15, 0.2) is 5.82 Å². The highest BCUT2D eigenvalue weighted by Crippen LogP contribution is 2.26. The van der Waals surface area contributed by atoms with Crippen molar-refractivity contribution in [2.75, 3.05) is 5.32 Å². The molecular weight excluding hydrogens is 399 g/mol. The number of amides is 1. The van der Waals surface area contributed by atoms with Gasteiger partial charge < -0.3 is 9.88 Å². The maximum Gasteiger partial charge on any atom is 0.256 e. The number of benzene rings is 1. The Morgan fingerprint density at radius 1 is 1.38 bits per heavy atom. The SMILES string of the molecule is Cn1cnnc1-c1ccccc1NC(=O)c1csc(I)c1. The fraction of sp³-hybridized carbons (Fsp3) is 0.0714. The third-order valence-corrected chi connectivity index (χ3v) is 4.75. The van der Waals surface area contributed by atoms with E-state index in [1.54, 1.807) is 17.7 Å². The van der Waals surface area contributed by atoms with Gasteiger partial charge in [-0.2, -0.15) is 0 Å². The third-order valence-electron chi connectivity index (χ3n) is 2.96. The molecule has 1 N–H and O–H groups in total. The number of aryl methyl sites for hydroxylation is 1. The molecule has 0 radical (unpaired) electrons. The number of para-hydroxylation sites is 1. The van der Waals surface area contributed by atoms with Crippen molar-refractivity contribution in [2.24, 2.45) is 7.05 Å². The highest BCUT2D eigenvalue weighted by Gasteiger charge is 2.14. The van der Waals surface area contributed by atoms with E-state index < -0.39 is 0 Å². The van der Waals surface area contributed by atoms with Crippen molar-refractivity contribution in [3.63, 3.8) is 0 Å². The molecule has 0 saturated carbocycles. The summed E-state index contributed by atoms with van der Waals surface area (Å²) in [4.78, 5) is 12.3. The van der Waals surface area contributed by atoms with E-state index >= 15 is 0 Å². The highest BCUT2D eigenvalue weighted by molar-refractivity contribution is 14.1. The molecule has 0 fully saturated rings. The van der Waals surface area contributed by atoms with Crippen molar-refractivity contribution in [3.8, 4) is 11.4 Å². The summed E-state index contributed by atoms with van der Waals surface area (Å²) in [5, 5.41) is 12.8. The van der Waals surface area contributed by atoms with E-state index in [0.717, 1.165) is 14.1 Å². The summed E-state index contributed by atoms with van der Waals surface area (Å²) in [6.45, 7) is 0. The second kappa shape index (κ2) is 5.94. The maximum absolute atomic E-state index is 12.3. The standard InChI is InChI=1S/C14H11IN4OS/c1-19-8-16-18-13(19)10-4-2-3-5-11(10)17-14(20)9-6-12(15)21-7-9/h2-8H,1H3,(H,17,20). The van der Waals surface area contributed by atoms with E-state index in [4.69, 9.17) is 0 Å². The first kappa shape index (κ1) is 14.2. The molecule has 1 amide bonds. The van der Waals surface area contributed by atoms with Crippen LogP contribution in [0.4, 0.5) is 5.69 Å². The van der Waals surface area contributed by atoms with Crippen molar-refractivity contribution < 1.29 is 4.79 Å². The van der Waals surface area contributed by atoms with Crippen LogP contribution < -0.4 is 5.32 Å². The lowest BCUT2D eigenvalue weighted by atomic mass is 10.1. The van der Waals surface area contributed by atoms with Gasteiger partial charge in [0.2, 0.25) is 0 Å². The number of anilines is 1. The number of carbonyl (C=O) groups is 1. The zero-order valence-corrected chi connectivity index (χ0v) is 14.1. The van der Waals surface area contributed by atoms with Crippen molar-refractivity contribution in [1.29, 1.82) is 0 Å². The monoisotopic (exact) mass is 410 g/mol. The van der Waals surface area contributed by atoms with Crippen molar-refractivity contribution in [3.05, 3.63) is 50.5 Å². The summed E-state index contributed by atoms with van der Waals surface area (Å²) in [6, 6.07) is 9.43. The van der Waals surface area contributed by atoms with Crippen LogP contribution in [-0.2, 0) is 7.05 Å². The van der Waals surface area contributed by atoms with E-state index in [9.17, 15) is 4.79 Å². The van der Waals surface area contributed by atoms with Gasteiger partial charge in [0.05, 0.1) is 14.1 Å². The Kier molecular flexibility index (Phi) is 4.02. The molecule has 1 aromatic carbocycles. The topological polar surface area (TPSA) is 59.8 Å². The maximum atomic E-state index is 12.3. The molecule has 106 valence electrons. The Bertz CT molecular complexity index is 796. The minimum atomic E-state index is -0.121.